The zero-order valence-corrected chi connectivity index (χ0v) is 14.9. The van der Waals surface area contributed by atoms with E-state index in [4.69, 9.17) is 0 Å². The highest BCUT2D eigenvalue weighted by Crippen LogP contribution is 2.39. The molecule has 0 aromatic heterocycles. The Hall–Kier alpha value is -2.19. The molecule has 0 aliphatic carbocycles. The van der Waals surface area contributed by atoms with Gasteiger partial charge in [0.1, 0.15) is 5.75 Å². The molecule has 1 atom stereocenters. The van der Waals surface area contributed by atoms with Crippen molar-refractivity contribution in [2.24, 2.45) is 0 Å². The summed E-state index contributed by atoms with van der Waals surface area (Å²) in [4.78, 5) is 0.955. The van der Waals surface area contributed by atoms with Gasteiger partial charge in [-0.15, -0.1) is 11.8 Å². The normalized spacial score (nSPS) is 12.1. The molecular formula is C22H22OS. The van der Waals surface area contributed by atoms with E-state index in [1.807, 2.05) is 24.3 Å². The van der Waals surface area contributed by atoms with Gasteiger partial charge in [-0.3, -0.25) is 0 Å². The predicted octanol–water partition coefficient (Wildman–Crippen LogP) is 6.14. The fourth-order valence-corrected chi connectivity index (χ4v) is 3.91. The van der Waals surface area contributed by atoms with Gasteiger partial charge in [0.05, 0.1) is 0 Å². The summed E-state index contributed by atoms with van der Waals surface area (Å²) in [5.74, 6) is 1.44. The number of phenols is 1. The van der Waals surface area contributed by atoms with Crippen LogP contribution in [0.15, 0.2) is 77.7 Å². The van der Waals surface area contributed by atoms with E-state index in [1.54, 1.807) is 11.8 Å². The minimum Gasteiger partial charge on any atom is -0.506 e. The van der Waals surface area contributed by atoms with Gasteiger partial charge in [-0.25, -0.2) is 0 Å². The second-order valence-electron chi connectivity index (χ2n) is 6.11. The molecule has 0 aliphatic heterocycles. The van der Waals surface area contributed by atoms with Crippen molar-refractivity contribution >= 4 is 11.8 Å². The third-order valence-corrected chi connectivity index (χ3v) is 5.35. The van der Waals surface area contributed by atoms with Gasteiger partial charge in [0, 0.05) is 22.1 Å². The molecule has 122 valence electrons. The number of aryl methyl sites for hydroxylation is 1. The van der Waals surface area contributed by atoms with E-state index < -0.39 is 0 Å². The molecule has 0 saturated heterocycles. The maximum absolute atomic E-state index is 10.8. The Kier molecular flexibility index (Phi) is 5.27. The van der Waals surface area contributed by atoms with Gasteiger partial charge in [-0.05, 0) is 29.7 Å². The largest absolute Gasteiger partial charge is 0.506 e. The maximum Gasteiger partial charge on any atom is 0.132 e. The summed E-state index contributed by atoms with van der Waals surface area (Å²) in [7, 11) is 0. The average Bonchev–Trinajstić information content (AvgIpc) is 2.63. The first kappa shape index (κ1) is 16.7. The average molecular weight is 334 g/mol. The van der Waals surface area contributed by atoms with Crippen LogP contribution >= 0.6 is 11.8 Å². The number of aromatic hydroxyl groups is 1. The summed E-state index contributed by atoms with van der Waals surface area (Å²) < 4.78 is 0. The monoisotopic (exact) mass is 334 g/mol. The summed E-state index contributed by atoms with van der Waals surface area (Å²) in [5.41, 5.74) is 4.66. The van der Waals surface area contributed by atoms with Gasteiger partial charge in [0.25, 0.3) is 0 Å². The molecule has 3 aromatic rings. The number of hydrogen-bond donors (Lipinski definition) is 1. The molecular weight excluding hydrogens is 312 g/mol. The Labute approximate surface area is 148 Å². The lowest BCUT2D eigenvalue weighted by Gasteiger charge is -2.17. The van der Waals surface area contributed by atoms with Crippen molar-refractivity contribution in [2.75, 3.05) is 0 Å². The van der Waals surface area contributed by atoms with Gasteiger partial charge in [-0.1, -0.05) is 73.7 Å². The van der Waals surface area contributed by atoms with E-state index in [9.17, 15) is 5.11 Å². The van der Waals surface area contributed by atoms with Crippen molar-refractivity contribution in [3.05, 3.63) is 95.1 Å². The van der Waals surface area contributed by atoms with Crippen molar-refractivity contribution in [1.29, 1.82) is 0 Å². The number of thioether (sulfide) groups is 1. The summed E-state index contributed by atoms with van der Waals surface area (Å²) >= 11 is 1.69. The van der Waals surface area contributed by atoms with Gasteiger partial charge in [0.2, 0.25) is 0 Å². The van der Waals surface area contributed by atoms with Crippen molar-refractivity contribution in [2.45, 2.75) is 30.4 Å². The summed E-state index contributed by atoms with van der Waals surface area (Å²) in [6.45, 7) is 4.24. The second-order valence-corrected chi connectivity index (χ2v) is 7.12. The van der Waals surface area contributed by atoms with Crippen LogP contribution in [0.2, 0.25) is 0 Å². The molecule has 0 heterocycles. The molecule has 0 fully saturated rings. The number of rotatable bonds is 5. The lowest BCUT2D eigenvalue weighted by Crippen LogP contribution is -1.98. The molecule has 24 heavy (non-hydrogen) atoms. The van der Waals surface area contributed by atoms with Gasteiger partial charge < -0.3 is 5.11 Å². The highest BCUT2D eigenvalue weighted by molar-refractivity contribution is 7.98. The molecule has 1 unspecified atom stereocenters. The fourth-order valence-electron chi connectivity index (χ4n) is 2.87. The predicted molar refractivity (Wildman–Crippen MR) is 103 cm³/mol. The van der Waals surface area contributed by atoms with Crippen molar-refractivity contribution in [3.63, 3.8) is 0 Å². The fraction of sp³-hybridized carbons (Fsp3) is 0.182. The van der Waals surface area contributed by atoms with Crippen LogP contribution in [-0.2, 0) is 5.75 Å². The zero-order valence-electron chi connectivity index (χ0n) is 14.1. The highest BCUT2D eigenvalue weighted by Gasteiger charge is 2.16. The summed E-state index contributed by atoms with van der Waals surface area (Å²) in [6, 6.07) is 24.9. The number of benzene rings is 3. The highest BCUT2D eigenvalue weighted by atomic mass is 32.2. The third-order valence-electron chi connectivity index (χ3n) is 4.25. The van der Waals surface area contributed by atoms with Crippen LogP contribution < -0.4 is 0 Å². The Morgan fingerprint density at radius 1 is 0.917 bits per heavy atom. The van der Waals surface area contributed by atoms with Crippen LogP contribution in [0.25, 0.3) is 0 Å². The minimum atomic E-state index is 0.169. The molecule has 0 bridgehead atoms. The first-order valence-electron chi connectivity index (χ1n) is 8.20. The molecule has 0 aliphatic rings. The first-order chi connectivity index (χ1) is 11.6. The minimum absolute atomic E-state index is 0.169. The van der Waals surface area contributed by atoms with Crippen LogP contribution in [0.5, 0.6) is 5.75 Å². The van der Waals surface area contributed by atoms with Gasteiger partial charge in [0.15, 0.2) is 0 Å². The van der Waals surface area contributed by atoms with E-state index in [-0.39, 0.29) is 5.92 Å². The van der Waals surface area contributed by atoms with Crippen LogP contribution in [-0.4, -0.2) is 5.11 Å². The van der Waals surface area contributed by atoms with Crippen molar-refractivity contribution in [1.82, 2.24) is 0 Å². The standard InChI is InChI=1S/C22H22OS/c1-16-13-20(17(2)19-11-7-4-8-12-19)22(23)21(14-16)24-15-18-9-5-3-6-10-18/h3-14,17,23H,15H2,1-2H3. The Morgan fingerprint density at radius 2 is 1.54 bits per heavy atom. The summed E-state index contributed by atoms with van der Waals surface area (Å²) in [5, 5.41) is 10.8. The number of hydrogen-bond acceptors (Lipinski definition) is 2. The topological polar surface area (TPSA) is 20.2 Å². The third kappa shape index (κ3) is 3.82. The second kappa shape index (κ2) is 7.59. The summed E-state index contributed by atoms with van der Waals surface area (Å²) in [6.07, 6.45) is 0. The van der Waals surface area contributed by atoms with E-state index in [0.717, 1.165) is 16.2 Å². The van der Waals surface area contributed by atoms with Crippen LogP contribution in [0.3, 0.4) is 0 Å². The molecule has 3 rings (SSSR count). The Morgan fingerprint density at radius 3 is 2.21 bits per heavy atom. The lowest BCUT2D eigenvalue weighted by molar-refractivity contribution is 0.453. The van der Waals surface area contributed by atoms with E-state index >= 15 is 0 Å². The maximum atomic E-state index is 10.8. The Bertz CT molecular complexity index is 797. The quantitative estimate of drug-likeness (QED) is 0.565. The SMILES string of the molecule is Cc1cc(SCc2ccccc2)c(O)c(C(C)c2ccccc2)c1. The molecule has 1 N–H and O–H groups in total. The molecule has 3 aromatic carbocycles. The van der Waals surface area contributed by atoms with Gasteiger partial charge in [-0.2, -0.15) is 0 Å². The Balaban J connectivity index is 1.87. The molecule has 0 saturated carbocycles. The van der Waals surface area contributed by atoms with Gasteiger partial charge >= 0.3 is 0 Å². The van der Waals surface area contributed by atoms with E-state index in [0.29, 0.717) is 5.75 Å². The van der Waals surface area contributed by atoms with Crippen LogP contribution in [0.4, 0.5) is 0 Å². The smallest absolute Gasteiger partial charge is 0.132 e. The first-order valence-corrected chi connectivity index (χ1v) is 9.19. The van der Waals surface area contributed by atoms with E-state index in [2.05, 4.69) is 62.4 Å². The van der Waals surface area contributed by atoms with Crippen LogP contribution in [0, 0.1) is 6.92 Å². The lowest BCUT2D eigenvalue weighted by atomic mass is 9.91. The molecule has 1 nitrogen and oxygen atoms in total. The molecule has 0 amide bonds. The van der Waals surface area contributed by atoms with Crippen molar-refractivity contribution in [3.8, 4) is 5.75 Å². The van der Waals surface area contributed by atoms with E-state index in [1.165, 1.54) is 16.7 Å². The molecule has 0 radical (unpaired) electrons. The van der Waals surface area contributed by atoms with Crippen LogP contribution in [0.1, 0.15) is 35.1 Å². The number of phenolic OH excluding ortho intramolecular Hbond substituents is 1. The zero-order chi connectivity index (χ0) is 16.9. The van der Waals surface area contributed by atoms with Crippen molar-refractivity contribution < 1.29 is 5.11 Å². The molecule has 2 heteroatoms. The molecule has 0 spiro atoms.